The third-order valence-electron chi connectivity index (χ3n) is 6.34. The SMILES string of the molecule is C[C@H]1CN([C@@H](C)CO)C(=O)c2cc(C#CC3CC3)cnc2O[C@@H]1CN(C)C(=O)c1ccccc1. The van der Waals surface area contributed by atoms with Gasteiger partial charge in [0.05, 0.1) is 19.2 Å². The highest BCUT2D eigenvalue weighted by Crippen LogP contribution is 2.29. The van der Waals surface area contributed by atoms with Crippen molar-refractivity contribution in [1.82, 2.24) is 14.8 Å². The fourth-order valence-electron chi connectivity index (χ4n) is 3.96. The topological polar surface area (TPSA) is 83.0 Å². The Balaban J connectivity index is 1.63. The molecule has 34 heavy (non-hydrogen) atoms. The lowest BCUT2D eigenvalue weighted by Crippen LogP contribution is -2.50. The highest BCUT2D eigenvalue weighted by Gasteiger charge is 2.34. The summed E-state index contributed by atoms with van der Waals surface area (Å²) in [5.74, 6) is 6.53. The molecule has 0 bridgehead atoms. The van der Waals surface area contributed by atoms with E-state index >= 15 is 0 Å². The molecule has 1 fully saturated rings. The molecule has 1 aliphatic carbocycles. The third-order valence-corrected chi connectivity index (χ3v) is 6.34. The molecule has 1 aromatic carbocycles. The number of carbonyl (C=O) groups excluding carboxylic acids is 2. The van der Waals surface area contributed by atoms with Gasteiger partial charge in [0.2, 0.25) is 5.88 Å². The van der Waals surface area contributed by atoms with Crippen LogP contribution in [0.15, 0.2) is 42.6 Å². The summed E-state index contributed by atoms with van der Waals surface area (Å²) in [4.78, 5) is 34.1. The molecular weight excluding hydrogens is 430 g/mol. The van der Waals surface area contributed by atoms with E-state index in [-0.39, 0.29) is 36.3 Å². The Hall–Kier alpha value is -3.37. The molecule has 2 amide bonds. The molecule has 0 spiro atoms. The molecule has 1 saturated carbocycles. The van der Waals surface area contributed by atoms with Crippen LogP contribution in [0.4, 0.5) is 0 Å². The highest BCUT2D eigenvalue weighted by molar-refractivity contribution is 5.97. The molecular formula is C27H31N3O4. The van der Waals surface area contributed by atoms with Crippen LogP contribution >= 0.6 is 0 Å². The number of ether oxygens (including phenoxy) is 1. The summed E-state index contributed by atoms with van der Waals surface area (Å²) in [6, 6.07) is 10.5. The number of aromatic nitrogens is 1. The molecule has 1 aliphatic heterocycles. The number of fused-ring (bicyclic) bond motifs is 1. The summed E-state index contributed by atoms with van der Waals surface area (Å²) in [6.45, 7) is 4.36. The summed E-state index contributed by atoms with van der Waals surface area (Å²) in [6.07, 6.45) is 3.46. The second kappa shape index (κ2) is 10.3. The number of amides is 2. The molecule has 7 heteroatoms. The van der Waals surface area contributed by atoms with Crippen LogP contribution in [0.1, 0.15) is 53.0 Å². The number of rotatable bonds is 5. The van der Waals surface area contributed by atoms with Crippen molar-refractivity contribution in [2.75, 3.05) is 26.7 Å². The minimum absolute atomic E-state index is 0.103. The number of hydrogen-bond donors (Lipinski definition) is 1. The van der Waals surface area contributed by atoms with E-state index in [4.69, 9.17) is 4.74 Å². The maximum atomic E-state index is 13.4. The Morgan fingerprint density at radius 2 is 2.06 bits per heavy atom. The van der Waals surface area contributed by atoms with Crippen molar-refractivity contribution in [1.29, 1.82) is 0 Å². The average Bonchev–Trinajstić information content (AvgIpc) is 3.69. The molecule has 3 atom stereocenters. The number of pyridine rings is 1. The van der Waals surface area contributed by atoms with Crippen molar-refractivity contribution in [3.63, 3.8) is 0 Å². The number of nitrogens with zero attached hydrogens (tertiary/aromatic N) is 3. The van der Waals surface area contributed by atoms with Gasteiger partial charge in [0.1, 0.15) is 11.7 Å². The van der Waals surface area contributed by atoms with Gasteiger partial charge in [-0.3, -0.25) is 9.59 Å². The zero-order chi connectivity index (χ0) is 24.2. The quantitative estimate of drug-likeness (QED) is 0.693. The molecule has 0 unspecified atom stereocenters. The molecule has 2 heterocycles. The van der Waals surface area contributed by atoms with Crippen molar-refractivity contribution in [3.8, 4) is 17.7 Å². The third kappa shape index (κ3) is 5.40. The predicted octanol–water partition coefficient (Wildman–Crippen LogP) is 2.84. The molecule has 1 aromatic heterocycles. The number of benzene rings is 1. The van der Waals surface area contributed by atoms with E-state index in [0.717, 1.165) is 12.8 Å². The van der Waals surface area contributed by atoms with Crippen LogP contribution in [0.3, 0.4) is 0 Å². The second-order valence-corrected chi connectivity index (χ2v) is 9.29. The van der Waals surface area contributed by atoms with Crippen LogP contribution in [-0.4, -0.2) is 70.6 Å². The van der Waals surface area contributed by atoms with Crippen LogP contribution < -0.4 is 4.74 Å². The minimum atomic E-state index is -0.395. The summed E-state index contributed by atoms with van der Waals surface area (Å²) in [5.41, 5.74) is 1.60. The number of likely N-dealkylation sites (N-methyl/N-ethyl adjacent to an activating group) is 1. The maximum Gasteiger partial charge on any atom is 0.259 e. The molecule has 0 saturated heterocycles. The van der Waals surface area contributed by atoms with Crippen molar-refractivity contribution in [2.45, 2.75) is 38.8 Å². The van der Waals surface area contributed by atoms with Gasteiger partial charge in [-0.25, -0.2) is 4.98 Å². The van der Waals surface area contributed by atoms with E-state index in [0.29, 0.717) is 35.7 Å². The fourth-order valence-corrected chi connectivity index (χ4v) is 3.96. The van der Waals surface area contributed by atoms with E-state index in [9.17, 15) is 14.7 Å². The van der Waals surface area contributed by atoms with Crippen molar-refractivity contribution < 1.29 is 19.4 Å². The van der Waals surface area contributed by atoms with E-state index < -0.39 is 6.10 Å². The normalized spacial score (nSPS) is 20.7. The number of carbonyl (C=O) groups is 2. The molecule has 0 radical (unpaired) electrons. The molecule has 178 valence electrons. The summed E-state index contributed by atoms with van der Waals surface area (Å²) in [5, 5.41) is 9.80. The van der Waals surface area contributed by atoms with E-state index in [2.05, 4.69) is 16.8 Å². The number of hydrogen-bond acceptors (Lipinski definition) is 5. The molecule has 2 aromatic rings. The summed E-state index contributed by atoms with van der Waals surface area (Å²) in [7, 11) is 1.74. The lowest BCUT2D eigenvalue weighted by atomic mass is 9.99. The lowest BCUT2D eigenvalue weighted by molar-refractivity contribution is 0.0313. The van der Waals surface area contributed by atoms with E-state index in [1.165, 1.54) is 0 Å². The maximum absolute atomic E-state index is 13.4. The van der Waals surface area contributed by atoms with Gasteiger partial charge in [0.25, 0.3) is 11.8 Å². The largest absolute Gasteiger partial charge is 0.472 e. The van der Waals surface area contributed by atoms with Gasteiger partial charge in [-0.2, -0.15) is 0 Å². The van der Waals surface area contributed by atoms with E-state index in [1.807, 2.05) is 32.0 Å². The zero-order valence-electron chi connectivity index (χ0n) is 19.9. The summed E-state index contributed by atoms with van der Waals surface area (Å²) < 4.78 is 6.27. The highest BCUT2D eigenvalue weighted by atomic mass is 16.5. The Morgan fingerprint density at radius 1 is 1.32 bits per heavy atom. The summed E-state index contributed by atoms with van der Waals surface area (Å²) >= 11 is 0. The fraction of sp³-hybridized carbons (Fsp3) is 0.444. The average molecular weight is 462 g/mol. The van der Waals surface area contributed by atoms with Crippen molar-refractivity contribution in [2.24, 2.45) is 11.8 Å². The first-order chi connectivity index (χ1) is 16.4. The van der Waals surface area contributed by atoms with Gasteiger partial charge in [-0.15, -0.1) is 0 Å². The standard InChI is InChI=1S/C27H31N3O4/c1-18-15-30(19(2)17-31)27(33)23-13-21(12-11-20-9-10-20)14-28-25(23)34-24(18)16-29(3)26(32)22-7-5-4-6-8-22/h4-8,13-14,18-20,24,31H,9-10,15-17H2,1-3H3/t18-,19-,24+/m0/s1. The van der Waals surface area contributed by atoms with Gasteiger partial charge in [-0.1, -0.05) is 37.0 Å². The Labute approximate surface area is 200 Å². The van der Waals surface area contributed by atoms with Crippen LogP contribution in [0.2, 0.25) is 0 Å². The van der Waals surface area contributed by atoms with Gasteiger partial charge in [0, 0.05) is 42.8 Å². The first-order valence-electron chi connectivity index (χ1n) is 11.8. The van der Waals surface area contributed by atoms with Gasteiger partial charge in [0.15, 0.2) is 0 Å². The first-order valence-corrected chi connectivity index (χ1v) is 11.8. The molecule has 2 aliphatic rings. The molecule has 4 rings (SSSR count). The number of aliphatic hydroxyl groups excluding tert-OH is 1. The predicted molar refractivity (Wildman–Crippen MR) is 128 cm³/mol. The Morgan fingerprint density at radius 3 is 2.74 bits per heavy atom. The molecule has 1 N–H and O–H groups in total. The molecule has 7 nitrogen and oxygen atoms in total. The first kappa shape index (κ1) is 23.8. The van der Waals surface area contributed by atoms with Crippen LogP contribution in [0.25, 0.3) is 0 Å². The van der Waals surface area contributed by atoms with Crippen molar-refractivity contribution >= 4 is 11.8 Å². The van der Waals surface area contributed by atoms with Crippen LogP contribution in [0.5, 0.6) is 5.88 Å². The smallest absolute Gasteiger partial charge is 0.259 e. The number of aliphatic hydroxyl groups is 1. The Kier molecular flexibility index (Phi) is 7.18. The van der Waals surface area contributed by atoms with Crippen molar-refractivity contribution in [3.05, 3.63) is 59.3 Å². The van der Waals surface area contributed by atoms with E-state index in [1.54, 1.807) is 41.2 Å². The van der Waals surface area contributed by atoms with Crippen LogP contribution in [-0.2, 0) is 0 Å². The lowest BCUT2D eigenvalue weighted by Gasteiger charge is -2.37. The zero-order valence-corrected chi connectivity index (χ0v) is 19.9. The minimum Gasteiger partial charge on any atom is -0.472 e. The van der Waals surface area contributed by atoms with Gasteiger partial charge >= 0.3 is 0 Å². The van der Waals surface area contributed by atoms with Gasteiger partial charge < -0.3 is 19.6 Å². The van der Waals surface area contributed by atoms with Crippen LogP contribution in [0, 0.1) is 23.7 Å². The van der Waals surface area contributed by atoms with Gasteiger partial charge in [-0.05, 0) is 38.0 Å². The monoisotopic (exact) mass is 461 g/mol. The Bertz CT molecular complexity index is 1100. The second-order valence-electron chi connectivity index (χ2n) is 9.29.